The molecule has 3 heterocycles. The van der Waals surface area contributed by atoms with Gasteiger partial charge in [-0.15, -0.1) is 0 Å². The lowest BCUT2D eigenvalue weighted by molar-refractivity contribution is -0.123. The predicted octanol–water partition coefficient (Wildman–Crippen LogP) is 3.82. The van der Waals surface area contributed by atoms with Gasteiger partial charge in [-0.05, 0) is 70.2 Å². The summed E-state index contributed by atoms with van der Waals surface area (Å²) in [5, 5.41) is 4.18. The van der Waals surface area contributed by atoms with Crippen LogP contribution in [0.2, 0.25) is 5.02 Å². The minimum absolute atomic E-state index is 0.124. The van der Waals surface area contributed by atoms with E-state index in [1.54, 1.807) is 19.1 Å². The number of halogens is 1. The molecule has 1 amide bonds. The third-order valence-corrected chi connectivity index (χ3v) is 6.95. The molecule has 7 heteroatoms. The van der Waals surface area contributed by atoms with Gasteiger partial charge in [-0.1, -0.05) is 18.0 Å². The Morgan fingerprint density at radius 1 is 1.20 bits per heavy atom. The van der Waals surface area contributed by atoms with E-state index in [0.29, 0.717) is 40.4 Å². The number of nitrogens with one attached hydrogen (secondary N) is 1. The van der Waals surface area contributed by atoms with Gasteiger partial charge in [0.1, 0.15) is 11.3 Å². The number of hydrogen-bond acceptors (Lipinski definition) is 5. The topological polar surface area (TPSA) is 71.8 Å². The predicted molar refractivity (Wildman–Crippen MR) is 117 cm³/mol. The van der Waals surface area contributed by atoms with Crippen molar-refractivity contribution in [3.8, 4) is 5.75 Å². The summed E-state index contributed by atoms with van der Waals surface area (Å²) in [6, 6.07) is 3.90. The van der Waals surface area contributed by atoms with E-state index in [0.717, 1.165) is 17.4 Å². The molecule has 2 aliphatic rings. The molecule has 162 valence electrons. The number of carbonyl (C=O) groups is 1. The maximum atomic E-state index is 12.4. The number of amides is 1. The highest BCUT2D eigenvalue weighted by Crippen LogP contribution is 2.32. The highest BCUT2D eigenvalue weighted by Gasteiger charge is 2.32. The number of fused-ring (bicyclic) bond motifs is 2. The van der Waals surface area contributed by atoms with Crippen molar-refractivity contribution in [3.63, 3.8) is 0 Å². The largest absolute Gasteiger partial charge is 0.482 e. The van der Waals surface area contributed by atoms with Crippen LogP contribution in [-0.4, -0.2) is 43.1 Å². The van der Waals surface area contributed by atoms with Crippen LogP contribution in [0.1, 0.15) is 43.2 Å². The summed E-state index contributed by atoms with van der Waals surface area (Å²) < 4.78 is 11.0. The molecule has 0 aliphatic carbocycles. The first-order chi connectivity index (χ1) is 14.4. The number of aryl methyl sites for hydroxylation is 1. The van der Waals surface area contributed by atoms with E-state index < -0.39 is 0 Å². The first kappa shape index (κ1) is 21.2. The molecule has 2 aliphatic heterocycles. The van der Waals surface area contributed by atoms with Crippen LogP contribution < -0.4 is 15.7 Å². The van der Waals surface area contributed by atoms with E-state index in [4.69, 9.17) is 20.8 Å². The minimum atomic E-state index is -0.379. The third kappa shape index (κ3) is 4.35. The molecule has 0 spiro atoms. The van der Waals surface area contributed by atoms with E-state index in [1.807, 2.05) is 6.92 Å². The number of piperidine rings is 2. The third-order valence-electron chi connectivity index (χ3n) is 6.66. The normalized spacial score (nSPS) is 22.0. The van der Waals surface area contributed by atoms with E-state index in [-0.39, 0.29) is 18.1 Å². The van der Waals surface area contributed by atoms with Gasteiger partial charge in [0.2, 0.25) is 0 Å². The summed E-state index contributed by atoms with van der Waals surface area (Å²) in [5.74, 6) is 0.676. The fraction of sp³-hybridized carbons (Fsp3) is 0.565. The summed E-state index contributed by atoms with van der Waals surface area (Å²) in [6.45, 7) is 6.52. The van der Waals surface area contributed by atoms with Gasteiger partial charge in [-0.25, -0.2) is 4.79 Å². The maximum absolute atomic E-state index is 12.4. The Bertz CT molecular complexity index is 1000. The van der Waals surface area contributed by atoms with Crippen LogP contribution in [0, 0.1) is 19.8 Å². The summed E-state index contributed by atoms with van der Waals surface area (Å²) in [5.41, 5.74) is 1.42. The second kappa shape index (κ2) is 8.98. The standard InChI is InChI=1S/C23H29ClN2O4/c1-14-15(2)23(28)30-20-11-21(18(24)10-17(14)20)29-13-22(27)25-12-16-6-5-9-26-8-4-3-7-19(16)26/h10-11,16,19H,3-9,12-13H2,1-2H3,(H,25,27)/t16-,19-/m1/s1. The zero-order chi connectivity index (χ0) is 21.3. The number of ether oxygens (including phenoxy) is 1. The number of nitrogens with zero attached hydrogens (tertiary/aromatic N) is 1. The van der Waals surface area contributed by atoms with Crippen LogP contribution in [-0.2, 0) is 4.79 Å². The highest BCUT2D eigenvalue weighted by molar-refractivity contribution is 6.32. The average Bonchev–Trinajstić information content (AvgIpc) is 2.75. The van der Waals surface area contributed by atoms with Crippen molar-refractivity contribution in [1.29, 1.82) is 0 Å². The van der Waals surface area contributed by atoms with Crippen molar-refractivity contribution in [2.75, 3.05) is 26.2 Å². The molecule has 1 aromatic heterocycles. The lowest BCUT2D eigenvalue weighted by Gasteiger charge is -2.44. The van der Waals surface area contributed by atoms with Crippen LogP contribution in [0.15, 0.2) is 21.3 Å². The molecule has 2 saturated heterocycles. The molecular weight excluding hydrogens is 404 g/mol. The van der Waals surface area contributed by atoms with E-state index in [2.05, 4.69) is 10.2 Å². The molecule has 0 unspecified atom stereocenters. The van der Waals surface area contributed by atoms with Crippen molar-refractivity contribution in [3.05, 3.63) is 38.7 Å². The van der Waals surface area contributed by atoms with Crippen LogP contribution in [0.5, 0.6) is 5.75 Å². The Balaban J connectivity index is 1.36. The number of benzene rings is 1. The van der Waals surface area contributed by atoms with Gasteiger partial charge in [-0.2, -0.15) is 0 Å². The molecule has 0 radical (unpaired) electrons. The zero-order valence-electron chi connectivity index (χ0n) is 17.6. The van der Waals surface area contributed by atoms with Crippen LogP contribution >= 0.6 is 11.6 Å². The second-order valence-electron chi connectivity index (χ2n) is 8.51. The molecule has 2 fully saturated rings. The molecule has 6 nitrogen and oxygen atoms in total. The van der Waals surface area contributed by atoms with Gasteiger partial charge in [-0.3, -0.25) is 4.79 Å². The van der Waals surface area contributed by atoms with Crippen LogP contribution in [0.4, 0.5) is 0 Å². The molecule has 1 aromatic carbocycles. The van der Waals surface area contributed by atoms with E-state index in [1.165, 1.54) is 38.8 Å². The first-order valence-corrected chi connectivity index (χ1v) is 11.2. The van der Waals surface area contributed by atoms with Gasteiger partial charge >= 0.3 is 5.63 Å². The Morgan fingerprint density at radius 3 is 2.83 bits per heavy atom. The fourth-order valence-electron chi connectivity index (χ4n) is 4.81. The average molecular weight is 433 g/mol. The quantitative estimate of drug-likeness (QED) is 0.727. The summed E-state index contributed by atoms with van der Waals surface area (Å²) in [4.78, 5) is 26.9. The molecule has 2 aromatic rings. The molecule has 30 heavy (non-hydrogen) atoms. The number of rotatable bonds is 5. The van der Waals surface area contributed by atoms with Crippen molar-refractivity contribution in [2.45, 2.75) is 52.0 Å². The van der Waals surface area contributed by atoms with Crippen molar-refractivity contribution in [2.24, 2.45) is 5.92 Å². The molecule has 2 atom stereocenters. The van der Waals surface area contributed by atoms with E-state index in [9.17, 15) is 9.59 Å². The number of carbonyl (C=O) groups excluding carboxylic acids is 1. The molecule has 0 saturated carbocycles. The first-order valence-electron chi connectivity index (χ1n) is 10.8. The molecule has 4 rings (SSSR count). The lowest BCUT2D eigenvalue weighted by Crippen LogP contribution is -2.51. The van der Waals surface area contributed by atoms with Gasteiger partial charge in [0.05, 0.1) is 5.02 Å². The van der Waals surface area contributed by atoms with Crippen molar-refractivity contribution >= 4 is 28.5 Å². The zero-order valence-corrected chi connectivity index (χ0v) is 18.4. The smallest absolute Gasteiger partial charge is 0.339 e. The molecular formula is C23H29ClN2O4. The lowest BCUT2D eigenvalue weighted by atomic mass is 9.83. The maximum Gasteiger partial charge on any atom is 0.339 e. The summed E-state index contributed by atoms with van der Waals surface area (Å²) in [6.07, 6.45) is 6.16. The van der Waals surface area contributed by atoms with Crippen LogP contribution in [0.3, 0.4) is 0 Å². The Labute approximate surface area is 181 Å². The Hall–Kier alpha value is -2.05. The molecule has 1 N–H and O–H groups in total. The van der Waals surface area contributed by atoms with Gasteiger partial charge < -0.3 is 19.4 Å². The van der Waals surface area contributed by atoms with Crippen molar-refractivity contribution < 1.29 is 13.9 Å². The van der Waals surface area contributed by atoms with Gasteiger partial charge in [0.25, 0.3) is 5.91 Å². The Kier molecular flexibility index (Phi) is 6.34. The Morgan fingerprint density at radius 2 is 2.00 bits per heavy atom. The minimum Gasteiger partial charge on any atom is -0.482 e. The SMILES string of the molecule is Cc1c(C)c2cc(Cl)c(OCC(=O)NC[C@H]3CCCN4CCCC[C@H]34)cc2oc1=O. The van der Waals surface area contributed by atoms with Gasteiger partial charge in [0.15, 0.2) is 6.61 Å². The van der Waals surface area contributed by atoms with Gasteiger partial charge in [0, 0.05) is 29.6 Å². The monoisotopic (exact) mass is 432 g/mol. The van der Waals surface area contributed by atoms with Crippen molar-refractivity contribution in [1.82, 2.24) is 10.2 Å². The summed E-state index contributed by atoms with van der Waals surface area (Å²) >= 11 is 6.34. The van der Waals surface area contributed by atoms with E-state index >= 15 is 0 Å². The molecule has 0 bridgehead atoms. The number of hydrogen-bond donors (Lipinski definition) is 1. The summed E-state index contributed by atoms with van der Waals surface area (Å²) in [7, 11) is 0. The highest BCUT2D eigenvalue weighted by atomic mass is 35.5. The second-order valence-corrected chi connectivity index (χ2v) is 8.92. The fourth-order valence-corrected chi connectivity index (χ4v) is 5.03. The van der Waals surface area contributed by atoms with Crippen LogP contribution in [0.25, 0.3) is 11.0 Å².